The van der Waals surface area contributed by atoms with Gasteiger partial charge < -0.3 is 20.9 Å². The van der Waals surface area contributed by atoms with Gasteiger partial charge >= 0.3 is 0 Å². The van der Waals surface area contributed by atoms with Crippen molar-refractivity contribution in [2.24, 2.45) is 11.5 Å². The van der Waals surface area contributed by atoms with Gasteiger partial charge in [0, 0.05) is 12.5 Å². The molecule has 0 aromatic heterocycles. The van der Waals surface area contributed by atoms with E-state index in [0.717, 1.165) is 32.2 Å². The van der Waals surface area contributed by atoms with E-state index in [2.05, 4.69) is 0 Å². The SMILES string of the molecule is NCCCCC(N)CC1OCCO1. The van der Waals surface area contributed by atoms with Crippen molar-refractivity contribution in [3.05, 3.63) is 0 Å². The molecule has 0 aromatic rings. The summed E-state index contributed by atoms with van der Waals surface area (Å²) in [5.41, 5.74) is 11.3. The minimum Gasteiger partial charge on any atom is -0.350 e. The molecule has 1 aliphatic rings. The third-order valence-corrected chi connectivity index (χ3v) is 2.22. The number of ether oxygens (including phenoxy) is 2. The zero-order chi connectivity index (χ0) is 9.52. The van der Waals surface area contributed by atoms with Crippen LogP contribution in [0.2, 0.25) is 0 Å². The second-order valence-corrected chi connectivity index (χ2v) is 3.45. The number of hydrogen-bond acceptors (Lipinski definition) is 4. The summed E-state index contributed by atoms with van der Waals surface area (Å²) < 4.78 is 10.6. The highest BCUT2D eigenvalue weighted by Gasteiger charge is 2.18. The molecule has 0 spiro atoms. The quantitative estimate of drug-likeness (QED) is 0.584. The lowest BCUT2D eigenvalue weighted by atomic mass is 10.1. The van der Waals surface area contributed by atoms with Crippen LogP contribution in [0.3, 0.4) is 0 Å². The Bertz CT molecular complexity index is 127. The van der Waals surface area contributed by atoms with E-state index in [4.69, 9.17) is 20.9 Å². The first-order valence-electron chi connectivity index (χ1n) is 5.02. The van der Waals surface area contributed by atoms with Crippen molar-refractivity contribution >= 4 is 0 Å². The Morgan fingerprint density at radius 2 is 1.92 bits per heavy atom. The van der Waals surface area contributed by atoms with Gasteiger partial charge in [0.25, 0.3) is 0 Å². The van der Waals surface area contributed by atoms with Crippen LogP contribution in [0.1, 0.15) is 25.7 Å². The van der Waals surface area contributed by atoms with Crippen LogP contribution in [0.4, 0.5) is 0 Å². The zero-order valence-electron chi connectivity index (χ0n) is 8.08. The summed E-state index contributed by atoms with van der Waals surface area (Å²) in [5, 5.41) is 0. The van der Waals surface area contributed by atoms with E-state index in [0.29, 0.717) is 13.2 Å². The fourth-order valence-corrected chi connectivity index (χ4v) is 1.46. The average Bonchev–Trinajstić information content (AvgIpc) is 2.57. The molecule has 1 unspecified atom stereocenters. The minimum atomic E-state index is -0.0622. The normalized spacial score (nSPS) is 20.8. The average molecular weight is 188 g/mol. The van der Waals surface area contributed by atoms with Gasteiger partial charge in [-0.25, -0.2) is 0 Å². The maximum atomic E-state index is 5.89. The lowest BCUT2D eigenvalue weighted by Gasteiger charge is -2.15. The Balaban J connectivity index is 1.99. The van der Waals surface area contributed by atoms with Gasteiger partial charge in [0.05, 0.1) is 13.2 Å². The molecule has 1 heterocycles. The molecule has 78 valence electrons. The molecule has 1 saturated heterocycles. The highest BCUT2D eigenvalue weighted by molar-refractivity contribution is 4.65. The summed E-state index contributed by atoms with van der Waals surface area (Å²) in [6, 6.07) is 0.189. The Morgan fingerprint density at radius 3 is 2.54 bits per heavy atom. The molecule has 0 amide bonds. The molecule has 1 atom stereocenters. The van der Waals surface area contributed by atoms with Crippen molar-refractivity contribution in [1.29, 1.82) is 0 Å². The summed E-state index contributed by atoms with van der Waals surface area (Å²) in [6.45, 7) is 2.17. The molecule has 0 saturated carbocycles. The first-order valence-corrected chi connectivity index (χ1v) is 5.02. The predicted octanol–water partition coefficient (Wildman–Crippen LogP) is 0.206. The third-order valence-electron chi connectivity index (χ3n) is 2.22. The van der Waals surface area contributed by atoms with E-state index in [1.807, 2.05) is 0 Å². The number of unbranched alkanes of at least 4 members (excludes halogenated alkanes) is 1. The molecular weight excluding hydrogens is 168 g/mol. The van der Waals surface area contributed by atoms with Gasteiger partial charge in [0.1, 0.15) is 0 Å². The fourth-order valence-electron chi connectivity index (χ4n) is 1.46. The molecule has 0 bridgehead atoms. The smallest absolute Gasteiger partial charge is 0.159 e. The van der Waals surface area contributed by atoms with Gasteiger partial charge in [0.2, 0.25) is 0 Å². The molecule has 1 fully saturated rings. The Labute approximate surface area is 79.6 Å². The number of nitrogens with two attached hydrogens (primary N) is 2. The van der Waals surface area contributed by atoms with Crippen molar-refractivity contribution in [3.8, 4) is 0 Å². The Kier molecular flexibility index (Phi) is 5.31. The van der Waals surface area contributed by atoms with E-state index < -0.39 is 0 Å². The first kappa shape index (κ1) is 10.9. The number of hydrogen-bond donors (Lipinski definition) is 2. The van der Waals surface area contributed by atoms with Gasteiger partial charge in [-0.3, -0.25) is 0 Å². The van der Waals surface area contributed by atoms with Crippen LogP contribution in [0, 0.1) is 0 Å². The summed E-state index contributed by atoms with van der Waals surface area (Å²) in [6.07, 6.45) is 3.92. The lowest BCUT2D eigenvalue weighted by Crippen LogP contribution is -2.26. The van der Waals surface area contributed by atoms with Crippen LogP contribution in [-0.4, -0.2) is 32.1 Å². The van der Waals surface area contributed by atoms with Crippen molar-refractivity contribution in [2.45, 2.75) is 38.0 Å². The lowest BCUT2D eigenvalue weighted by molar-refractivity contribution is -0.0509. The van der Waals surface area contributed by atoms with E-state index >= 15 is 0 Å². The van der Waals surface area contributed by atoms with Gasteiger partial charge in [-0.2, -0.15) is 0 Å². The zero-order valence-corrected chi connectivity index (χ0v) is 8.08. The number of rotatable bonds is 6. The molecule has 0 aromatic carbocycles. The van der Waals surface area contributed by atoms with Gasteiger partial charge in [0.15, 0.2) is 6.29 Å². The highest BCUT2D eigenvalue weighted by Crippen LogP contribution is 2.12. The van der Waals surface area contributed by atoms with Crippen molar-refractivity contribution in [2.75, 3.05) is 19.8 Å². The van der Waals surface area contributed by atoms with Crippen LogP contribution in [-0.2, 0) is 9.47 Å². The fraction of sp³-hybridized carbons (Fsp3) is 1.00. The summed E-state index contributed by atoms with van der Waals surface area (Å²) >= 11 is 0. The third kappa shape index (κ3) is 4.57. The van der Waals surface area contributed by atoms with Crippen LogP contribution >= 0.6 is 0 Å². The second kappa shape index (κ2) is 6.32. The van der Waals surface area contributed by atoms with E-state index in [9.17, 15) is 0 Å². The molecule has 1 aliphatic heterocycles. The van der Waals surface area contributed by atoms with Crippen LogP contribution < -0.4 is 11.5 Å². The second-order valence-electron chi connectivity index (χ2n) is 3.45. The molecule has 0 radical (unpaired) electrons. The molecular formula is C9H20N2O2. The van der Waals surface area contributed by atoms with Crippen molar-refractivity contribution in [3.63, 3.8) is 0 Å². The van der Waals surface area contributed by atoms with Gasteiger partial charge in [-0.05, 0) is 19.4 Å². The van der Waals surface area contributed by atoms with Gasteiger partial charge in [-0.15, -0.1) is 0 Å². The molecule has 4 heteroatoms. The highest BCUT2D eigenvalue weighted by atomic mass is 16.7. The molecule has 4 N–H and O–H groups in total. The van der Waals surface area contributed by atoms with Crippen molar-refractivity contribution in [1.82, 2.24) is 0 Å². The van der Waals surface area contributed by atoms with Crippen molar-refractivity contribution < 1.29 is 9.47 Å². The Morgan fingerprint density at radius 1 is 1.23 bits per heavy atom. The van der Waals surface area contributed by atoms with Crippen LogP contribution in [0.15, 0.2) is 0 Å². The summed E-state index contributed by atoms with van der Waals surface area (Å²) in [7, 11) is 0. The van der Waals surface area contributed by atoms with E-state index in [1.54, 1.807) is 0 Å². The summed E-state index contributed by atoms with van der Waals surface area (Å²) in [5.74, 6) is 0. The molecule has 0 aliphatic carbocycles. The Hall–Kier alpha value is -0.160. The van der Waals surface area contributed by atoms with E-state index in [1.165, 1.54) is 0 Å². The predicted molar refractivity (Wildman–Crippen MR) is 51.2 cm³/mol. The topological polar surface area (TPSA) is 70.5 Å². The standard InChI is InChI=1S/C9H20N2O2/c10-4-2-1-3-8(11)7-9-12-5-6-13-9/h8-9H,1-7,10-11H2. The molecule has 1 rings (SSSR count). The van der Waals surface area contributed by atoms with Crippen LogP contribution in [0.25, 0.3) is 0 Å². The largest absolute Gasteiger partial charge is 0.350 e. The molecule has 13 heavy (non-hydrogen) atoms. The monoisotopic (exact) mass is 188 g/mol. The minimum absolute atomic E-state index is 0.0622. The van der Waals surface area contributed by atoms with Crippen LogP contribution in [0.5, 0.6) is 0 Å². The maximum absolute atomic E-state index is 5.89. The maximum Gasteiger partial charge on any atom is 0.159 e. The van der Waals surface area contributed by atoms with E-state index in [-0.39, 0.29) is 12.3 Å². The van der Waals surface area contributed by atoms with Gasteiger partial charge in [-0.1, -0.05) is 6.42 Å². The summed E-state index contributed by atoms with van der Waals surface area (Å²) in [4.78, 5) is 0. The first-order chi connectivity index (χ1) is 6.33. The molecule has 4 nitrogen and oxygen atoms in total.